The molecule has 29 heavy (non-hydrogen) atoms. The van der Waals surface area contributed by atoms with Crippen molar-refractivity contribution in [3.05, 3.63) is 47.1 Å². The molecule has 3 rings (SSSR count). The molecule has 1 heterocycles. The minimum Gasteiger partial charge on any atom is -0.493 e. The number of aromatic nitrogens is 1. The zero-order chi connectivity index (χ0) is 21.0. The quantitative estimate of drug-likeness (QED) is 0.606. The minimum atomic E-state index is -0.913. The van der Waals surface area contributed by atoms with E-state index in [2.05, 4.69) is 16.4 Å². The maximum atomic E-state index is 12.8. The molecule has 2 aromatic carbocycles. The average molecular weight is 414 g/mol. The van der Waals surface area contributed by atoms with Crippen LogP contribution in [-0.4, -0.2) is 32.2 Å². The van der Waals surface area contributed by atoms with E-state index in [-0.39, 0.29) is 6.42 Å². The lowest BCUT2D eigenvalue weighted by Crippen LogP contribution is -2.23. The van der Waals surface area contributed by atoms with Crippen molar-refractivity contribution < 1.29 is 19.0 Å². The number of H-pyrrole nitrogens is 1. The summed E-state index contributed by atoms with van der Waals surface area (Å²) in [6.07, 6.45) is 1.99. The van der Waals surface area contributed by atoms with Crippen molar-refractivity contribution in [2.75, 3.05) is 26.6 Å². The van der Waals surface area contributed by atoms with Crippen LogP contribution in [-0.2, 0) is 11.2 Å². The first kappa shape index (κ1) is 20.4. The van der Waals surface area contributed by atoms with Gasteiger partial charge < -0.3 is 24.5 Å². The van der Waals surface area contributed by atoms with E-state index in [0.717, 1.165) is 16.5 Å². The molecule has 0 fully saturated rings. The molecule has 7 nitrogen and oxygen atoms in total. The van der Waals surface area contributed by atoms with Crippen LogP contribution in [0.2, 0.25) is 5.02 Å². The summed E-state index contributed by atoms with van der Waals surface area (Å²) < 4.78 is 15.9. The highest BCUT2D eigenvalue weighted by Crippen LogP contribution is 2.40. The standard InChI is InChI=1S/C21H20ClN3O4/c1-27-17-8-14(9-18(28-2)20(17)29-3)25-21(26)12(10-23)7-13-11-24-16-6-4-5-15(22)19(13)16/h4-6,8-9,11-12,24H,7H2,1-3H3,(H,25,26)/t12-/m0/s1. The molecule has 0 spiro atoms. The predicted octanol–water partition coefficient (Wildman–Crippen LogP) is 4.17. The summed E-state index contributed by atoms with van der Waals surface area (Å²) >= 11 is 6.29. The van der Waals surface area contributed by atoms with Crippen LogP contribution in [0, 0.1) is 17.2 Å². The van der Waals surface area contributed by atoms with Gasteiger partial charge in [0.1, 0.15) is 5.92 Å². The van der Waals surface area contributed by atoms with Gasteiger partial charge in [-0.1, -0.05) is 17.7 Å². The third-order valence-electron chi connectivity index (χ3n) is 4.57. The average Bonchev–Trinajstić information content (AvgIpc) is 3.15. The molecule has 0 radical (unpaired) electrons. The zero-order valence-corrected chi connectivity index (χ0v) is 17.0. The number of nitriles is 1. The molecule has 0 aliphatic rings. The molecule has 0 unspecified atom stereocenters. The monoisotopic (exact) mass is 413 g/mol. The summed E-state index contributed by atoms with van der Waals surface area (Å²) in [5.74, 6) is -0.135. The highest BCUT2D eigenvalue weighted by Gasteiger charge is 2.22. The van der Waals surface area contributed by atoms with Crippen molar-refractivity contribution in [3.8, 4) is 23.3 Å². The Hall–Kier alpha value is -3.37. The Morgan fingerprint density at radius 2 is 1.90 bits per heavy atom. The van der Waals surface area contributed by atoms with E-state index >= 15 is 0 Å². The van der Waals surface area contributed by atoms with Gasteiger partial charge in [0.25, 0.3) is 0 Å². The third kappa shape index (κ3) is 4.08. The molecular weight excluding hydrogens is 394 g/mol. The summed E-state index contributed by atoms with van der Waals surface area (Å²) in [5.41, 5.74) is 2.09. The Labute approximate surface area is 173 Å². The van der Waals surface area contributed by atoms with E-state index in [0.29, 0.717) is 28.0 Å². The molecule has 0 bridgehead atoms. The molecule has 0 aliphatic carbocycles. The van der Waals surface area contributed by atoms with E-state index < -0.39 is 11.8 Å². The maximum absolute atomic E-state index is 12.8. The Kier molecular flexibility index (Phi) is 6.15. The second-order valence-corrected chi connectivity index (χ2v) is 6.67. The van der Waals surface area contributed by atoms with Gasteiger partial charge in [0.05, 0.1) is 32.4 Å². The van der Waals surface area contributed by atoms with E-state index in [1.807, 2.05) is 12.1 Å². The molecule has 1 aromatic heterocycles. The molecule has 8 heteroatoms. The molecule has 150 valence electrons. The minimum absolute atomic E-state index is 0.219. The number of methoxy groups -OCH3 is 3. The lowest BCUT2D eigenvalue weighted by Gasteiger charge is -2.15. The van der Waals surface area contributed by atoms with Crippen LogP contribution in [0.25, 0.3) is 10.9 Å². The van der Waals surface area contributed by atoms with E-state index in [1.165, 1.54) is 21.3 Å². The van der Waals surface area contributed by atoms with Crippen molar-refractivity contribution in [1.29, 1.82) is 5.26 Å². The summed E-state index contributed by atoms with van der Waals surface area (Å²) in [6.45, 7) is 0. The Morgan fingerprint density at radius 1 is 1.21 bits per heavy atom. The van der Waals surface area contributed by atoms with E-state index in [1.54, 1.807) is 24.4 Å². The number of carbonyl (C=O) groups is 1. The van der Waals surface area contributed by atoms with E-state index in [4.69, 9.17) is 25.8 Å². The lowest BCUT2D eigenvalue weighted by molar-refractivity contribution is -0.118. The third-order valence-corrected chi connectivity index (χ3v) is 4.88. The van der Waals surface area contributed by atoms with Gasteiger partial charge in [0, 0.05) is 34.9 Å². The fourth-order valence-electron chi connectivity index (χ4n) is 3.17. The van der Waals surface area contributed by atoms with Gasteiger partial charge in [-0.05, 0) is 24.1 Å². The second kappa shape index (κ2) is 8.76. The number of fused-ring (bicyclic) bond motifs is 1. The number of aromatic amines is 1. The normalized spacial score (nSPS) is 11.6. The van der Waals surface area contributed by atoms with Gasteiger partial charge in [-0.3, -0.25) is 4.79 Å². The maximum Gasteiger partial charge on any atom is 0.242 e. The lowest BCUT2D eigenvalue weighted by atomic mass is 9.99. The van der Waals surface area contributed by atoms with Crippen LogP contribution < -0.4 is 19.5 Å². The van der Waals surface area contributed by atoms with Crippen LogP contribution in [0.5, 0.6) is 17.2 Å². The van der Waals surface area contributed by atoms with Gasteiger partial charge in [-0.2, -0.15) is 5.26 Å². The summed E-state index contributed by atoms with van der Waals surface area (Å²) in [7, 11) is 4.47. The number of nitrogens with one attached hydrogen (secondary N) is 2. The molecule has 0 aliphatic heterocycles. The Morgan fingerprint density at radius 3 is 2.48 bits per heavy atom. The van der Waals surface area contributed by atoms with Gasteiger partial charge >= 0.3 is 0 Å². The van der Waals surface area contributed by atoms with Gasteiger partial charge in [0.15, 0.2) is 11.5 Å². The number of ether oxygens (including phenoxy) is 3. The Bertz CT molecular complexity index is 1060. The van der Waals surface area contributed by atoms with Crippen molar-refractivity contribution in [2.24, 2.45) is 5.92 Å². The number of hydrogen-bond donors (Lipinski definition) is 2. The first-order chi connectivity index (χ1) is 14.0. The number of rotatable bonds is 7. The highest BCUT2D eigenvalue weighted by molar-refractivity contribution is 6.35. The highest BCUT2D eigenvalue weighted by atomic mass is 35.5. The molecular formula is C21H20ClN3O4. The number of amides is 1. The zero-order valence-electron chi connectivity index (χ0n) is 16.2. The first-order valence-corrected chi connectivity index (χ1v) is 9.15. The number of carbonyl (C=O) groups excluding carboxylic acids is 1. The van der Waals surface area contributed by atoms with Crippen molar-refractivity contribution in [3.63, 3.8) is 0 Å². The van der Waals surface area contributed by atoms with Gasteiger partial charge in [-0.25, -0.2) is 0 Å². The van der Waals surface area contributed by atoms with Crippen LogP contribution in [0.4, 0.5) is 5.69 Å². The molecule has 1 amide bonds. The molecule has 0 saturated carbocycles. The molecule has 3 aromatic rings. The van der Waals surface area contributed by atoms with Gasteiger partial charge in [0.2, 0.25) is 11.7 Å². The smallest absolute Gasteiger partial charge is 0.242 e. The van der Waals surface area contributed by atoms with Crippen LogP contribution in [0.1, 0.15) is 5.56 Å². The number of benzene rings is 2. The summed E-state index contributed by atoms with van der Waals surface area (Å²) in [4.78, 5) is 15.9. The first-order valence-electron chi connectivity index (χ1n) is 8.77. The van der Waals surface area contributed by atoms with Crippen molar-refractivity contribution in [1.82, 2.24) is 4.98 Å². The van der Waals surface area contributed by atoms with E-state index in [9.17, 15) is 10.1 Å². The number of nitrogens with zero attached hydrogens (tertiary/aromatic N) is 1. The fourth-order valence-corrected chi connectivity index (χ4v) is 3.46. The predicted molar refractivity (Wildman–Crippen MR) is 111 cm³/mol. The van der Waals surface area contributed by atoms with Crippen molar-refractivity contribution in [2.45, 2.75) is 6.42 Å². The number of hydrogen-bond acceptors (Lipinski definition) is 5. The number of anilines is 1. The SMILES string of the molecule is COc1cc(NC(=O)[C@H](C#N)Cc2c[nH]c3cccc(Cl)c23)cc(OC)c1OC. The molecule has 0 saturated heterocycles. The number of halogens is 1. The van der Waals surface area contributed by atoms with Crippen LogP contribution in [0.3, 0.4) is 0 Å². The van der Waals surface area contributed by atoms with Crippen molar-refractivity contribution >= 4 is 34.1 Å². The second-order valence-electron chi connectivity index (χ2n) is 6.27. The molecule has 1 atom stereocenters. The Balaban J connectivity index is 1.84. The summed E-state index contributed by atoms with van der Waals surface area (Å²) in [5, 5.41) is 13.7. The molecule has 2 N–H and O–H groups in total. The van der Waals surface area contributed by atoms with Gasteiger partial charge in [-0.15, -0.1) is 0 Å². The van der Waals surface area contributed by atoms with Crippen LogP contribution >= 0.6 is 11.6 Å². The topological polar surface area (TPSA) is 96.4 Å². The van der Waals surface area contributed by atoms with Crippen LogP contribution in [0.15, 0.2) is 36.5 Å². The summed E-state index contributed by atoms with van der Waals surface area (Å²) in [6, 6.07) is 10.8. The largest absolute Gasteiger partial charge is 0.493 e. The fraction of sp³-hybridized carbons (Fsp3) is 0.238.